The summed E-state index contributed by atoms with van der Waals surface area (Å²) >= 11 is 3.06. The topological polar surface area (TPSA) is 83.5 Å². The van der Waals surface area contributed by atoms with E-state index >= 15 is 0 Å². The van der Waals surface area contributed by atoms with Gasteiger partial charge >= 0.3 is 5.97 Å². The van der Waals surface area contributed by atoms with E-state index in [0.29, 0.717) is 10.9 Å². The highest BCUT2D eigenvalue weighted by atomic mass is 79.9. The molecule has 0 aromatic heterocycles. The van der Waals surface area contributed by atoms with Crippen LogP contribution in [0.5, 0.6) is 0 Å². The Bertz CT molecular complexity index is 643. The minimum atomic E-state index is -3.72. The number of nitrogens with one attached hydrogen (secondary N) is 1. The Hall–Kier alpha value is -1.36. The summed E-state index contributed by atoms with van der Waals surface area (Å²) in [4.78, 5) is 10.9. The van der Waals surface area contributed by atoms with E-state index in [1.54, 1.807) is 6.92 Å². The fourth-order valence-electron chi connectivity index (χ4n) is 1.29. The third kappa shape index (κ3) is 4.35. The molecule has 1 rings (SSSR count). The predicted molar refractivity (Wildman–Crippen MR) is 74.4 cm³/mol. The van der Waals surface area contributed by atoms with Crippen LogP contribution in [0, 0.1) is 11.8 Å². The minimum Gasteiger partial charge on any atom is -0.478 e. The van der Waals surface area contributed by atoms with Crippen molar-refractivity contribution in [2.24, 2.45) is 0 Å². The lowest BCUT2D eigenvalue weighted by Crippen LogP contribution is -2.24. The van der Waals surface area contributed by atoms with Gasteiger partial charge in [0.25, 0.3) is 0 Å². The van der Waals surface area contributed by atoms with Gasteiger partial charge in [-0.15, -0.1) is 11.8 Å². The Morgan fingerprint density at radius 3 is 2.74 bits per heavy atom. The number of aromatic carboxylic acids is 1. The smallest absolute Gasteiger partial charge is 0.336 e. The predicted octanol–water partition coefficient (Wildman–Crippen LogP) is 1.84. The first kappa shape index (κ1) is 15.7. The molecule has 1 aromatic carbocycles. The van der Waals surface area contributed by atoms with Crippen LogP contribution in [-0.2, 0) is 10.0 Å². The van der Waals surface area contributed by atoms with Crippen molar-refractivity contribution in [1.82, 2.24) is 4.72 Å². The fourth-order valence-corrected chi connectivity index (χ4v) is 2.77. The maximum atomic E-state index is 11.9. The maximum Gasteiger partial charge on any atom is 0.336 e. The first-order valence-electron chi connectivity index (χ1n) is 5.30. The number of hydrogen-bond acceptors (Lipinski definition) is 3. The molecule has 5 nitrogen and oxygen atoms in total. The molecule has 0 aliphatic carbocycles. The second kappa shape index (κ2) is 6.70. The lowest BCUT2D eigenvalue weighted by Gasteiger charge is -2.07. The quantitative estimate of drug-likeness (QED) is 0.630. The Morgan fingerprint density at radius 2 is 2.16 bits per heavy atom. The van der Waals surface area contributed by atoms with E-state index in [1.165, 1.54) is 12.1 Å². The molecule has 0 heterocycles. The number of carboxylic acid groups (broad SMARTS) is 1. The van der Waals surface area contributed by atoms with E-state index in [1.807, 2.05) is 0 Å². The summed E-state index contributed by atoms with van der Waals surface area (Å²) in [5.41, 5.74) is -0.101. The highest BCUT2D eigenvalue weighted by molar-refractivity contribution is 9.10. The van der Waals surface area contributed by atoms with Crippen molar-refractivity contribution in [2.75, 3.05) is 6.54 Å². The minimum absolute atomic E-state index is 0.0856. The van der Waals surface area contributed by atoms with Crippen LogP contribution in [0.2, 0.25) is 0 Å². The molecule has 102 valence electrons. The van der Waals surface area contributed by atoms with Crippen molar-refractivity contribution in [1.29, 1.82) is 0 Å². The summed E-state index contributed by atoms with van der Waals surface area (Å²) in [6.45, 7) is 1.85. The summed E-state index contributed by atoms with van der Waals surface area (Å²) in [5, 5.41) is 8.94. The molecule has 2 N–H and O–H groups in total. The van der Waals surface area contributed by atoms with Gasteiger partial charge in [-0.1, -0.05) is 0 Å². The molecule has 0 spiro atoms. The van der Waals surface area contributed by atoms with E-state index in [2.05, 4.69) is 32.5 Å². The van der Waals surface area contributed by atoms with Crippen molar-refractivity contribution in [3.8, 4) is 11.8 Å². The van der Waals surface area contributed by atoms with Gasteiger partial charge in [-0.2, -0.15) is 0 Å². The zero-order valence-electron chi connectivity index (χ0n) is 10.1. The molecular formula is C12H12BrNO4S. The van der Waals surface area contributed by atoms with Crippen LogP contribution < -0.4 is 4.72 Å². The summed E-state index contributed by atoms with van der Waals surface area (Å²) in [7, 11) is -3.72. The molecule has 0 aliphatic rings. The van der Waals surface area contributed by atoms with Gasteiger partial charge < -0.3 is 5.11 Å². The lowest BCUT2D eigenvalue weighted by molar-refractivity contribution is 0.0695. The van der Waals surface area contributed by atoms with Gasteiger partial charge in [0.1, 0.15) is 0 Å². The molecule has 0 saturated carbocycles. The highest BCUT2D eigenvalue weighted by Crippen LogP contribution is 2.20. The third-order valence-corrected chi connectivity index (χ3v) is 4.35. The molecule has 0 aliphatic heterocycles. The van der Waals surface area contributed by atoms with Gasteiger partial charge in [0.05, 0.1) is 10.5 Å². The average Bonchev–Trinajstić information content (AvgIpc) is 2.34. The van der Waals surface area contributed by atoms with Crippen LogP contribution in [0.15, 0.2) is 27.6 Å². The molecule has 1 aromatic rings. The number of hydrogen-bond donors (Lipinski definition) is 2. The van der Waals surface area contributed by atoms with Gasteiger partial charge in [-0.3, -0.25) is 0 Å². The number of sulfonamides is 1. The van der Waals surface area contributed by atoms with E-state index in [4.69, 9.17) is 5.11 Å². The number of carboxylic acids is 1. The molecule has 0 bridgehead atoms. The van der Waals surface area contributed by atoms with Crippen molar-refractivity contribution < 1.29 is 18.3 Å². The molecule has 0 atom stereocenters. The molecule has 0 unspecified atom stereocenters. The van der Waals surface area contributed by atoms with Crippen molar-refractivity contribution in [2.45, 2.75) is 18.2 Å². The molecule has 0 saturated heterocycles. The van der Waals surface area contributed by atoms with Gasteiger partial charge in [0, 0.05) is 17.4 Å². The molecule has 0 radical (unpaired) electrons. The monoisotopic (exact) mass is 345 g/mol. The molecule has 0 amide bonds. The Labute approximate surface area is 120 Å². The van der Waals surface area contributed by atoms with Crippen molar-refractivity contribution in [3.63, 3.8) is 0 Å². The first-order chi connectivity index (χ1) is 8.88. The molecule has 0 fully saturated rings. The third-order valence-electron chi connectivity index (χ3n) is 2.20. The second-order valence-corrected chi connectivity index (χ2v) is 6.14. The average molecular weight is 346 g/mol. The SMILES string of the molecule is CC#CCCNS(=O)(=O)c1ccc(Br)c(C(=O)O)c1. The van der Waals surface area contributed by atoms with Crippen LogP contribution in [-0.4, -0.2) is 26.0 Å². The van der Waals surface area contributed by atoms with E-state index < -0.39 is 16.0 Å². The summed E-state index contributed by atoms with van der Waals surface area (Å²) in [6, 6.07) is 3.84. The Morgan fingerprint density at radius 1 is 1.47 bits per heavy atom. The Kier molecular flexibility index (Phi) is 5.54. The second-order valence-electron chi connectivity index (χ2n) is 3.52. The number of halogens is 1. The first-order valence-corrected chi connectivity index (χ1v) is 7.58. The fraction of sp³-hybridized carbons (Fsp3) is 0.250. The van der Waals surface area contributed by atoms with Gasteiger partial charge in [-0.25, -0.2) is 17.9 Å². The zero-order chi connectivity index (χ0) is 14.5. The Balaban J connectivity index is 2.97. The van der Waals surface area contributed by atoms with Crippen LogP contribution in [0.1, 0.15) is 23.7 Å². The van der Waals surface area contributed by atoms with Gasteiger partial charge in [-0.05, 0) is 41.1 Å². The molecular weight excluding hydrogens is 334 g/mol. The number of carbonyl (C=O) groups is 1. The van der Waals surface area contributed by atoms with Crippen LogP contribution >= 0.6 is 15.9 Å². The van der Waals surface area contributed by atoms with Crippen molar-refractivity contribution in [3.05, 3.63) is 28.2 Å². The van der Waals surface area contributed by atoms with Crippen LogP contribution in [0.4, 0.5) is 0 Å². The number of benzene rings is 1. The van der Waals surface area contributed by atoms with Crippen LogP contribution in [0.25, 0.3) is 0 Å². The van der Waals surface area contributed by atoms with Crippen LogP contribution in [0.3, 0.4) is 0 Å². The largest absolute Gasteiger partial charge is 0.478 e. The highest BCUT2D eigenvalue weighted by Gasteiger charge is 2.17. The van der Waals surface area contributed by atoms with E-state index in [0.717, 1.165) is 6.07 Å². The summed E-state index contributed by atoms with van der Waals surface area (Å²) in [6.07, 6.45) is 0.401. The maximum absolute atomic E-state index is 11.9. The molecule has 19 heavy (non-hydrogen) atoms. The summed E-state index contributed by atoms with van der Waals surface area (Å²) in [5.74, 6) is 4.20. The van der Waals surface area contributed by atoms with Crippen molar-refractivity contribution >= 4 is 31.9 Å². The van der Waals surface area contributed by atoms with Gasteiger partial charge in [0.2, 0.25) is 10.0 Å². The summed E-state index contributed by atoms with van der Waals surface area (Å²) < 4.78 is 26.5. The zero-order valence-corrected chi connectivity index (χ0v) is 12.5. The standard InChI is InChI=1S/C12H12BrNO4S/c1-2-3-4-7-14-19(17,18)9-5-6-11(13)10(8-9)12(15)16/h5-6,8,14H,4,7H2,1H3,(H,15,16). The van der Waals surface area contributed by atoms with E-state index in [9.17, 15) is 13.2 Å². The lowest BCUT2D eigenvalue weighted by atomic mass is 10.2. The normalized spacial score (nSPS) is 10.6. The molecule has 7 heteroatoms. The number of rotatable bonds is 5. The van der Waals surface area contributed by atoms with Gasteiger partial charge in [0.15, 0.2) is 0 Å². The van der Waals surface area contributed by atoms with E-state index in [-0.39, 0.29) is 17.0 Å².